The van der Waals surface area contributed by atoms with Gasteiger partial charge in [0.15, 0.2) is 0 Å². The van der Waals surface area contributed by atoms with Gasteiger partial charge in [-0.05, 0) is 25.7 Å². The molecule has 1 aromatic heterocycles. The minimum atomic E-state index is -3.01. The maximum atomic E-state index is 14.3. The fraction of sp³-hybridized carbons (Fsp3) is 0.706. The first kappa shape index (κ1) is 17.4. The van der Waals surface area contributed by atoms with Crippen molar-refractivity contribution in [1.29, 1.82) is 0 Å². The van der Waals surface area contributed by atoms with Gasteiger partial charge in [-0.15, -0.1) is 0 Å². The van der Waals surface area contributed by atoms with Crippen LogP contribution in [0.15, 0.2) is 0 Å². The largest absolute Gasteiger partial charge is 0.481 e. The van der Waals surface area contributed by atoms with E-state index in [0.717, 1.165) is 0 Å². The van der Waals surface area contributed by atoms with Gasteiger partial charge in [-0.2, -0.15) is 13.8 Å². The molecule has 0 radical (unpaired) electrons. The van der Waals surface area contributed by atoms with Crippen molar-refractivity contribution in [3.63, 3.8) is 0 Å². The highest BCUT2D eigenvalue weighted by atomic mass is 19.3. The maximum absolute atomic E-state index is 14.3. The number of anilines is 2. The van der Waals surface area contributed by atoms with Crippen LogP contribution in [0.3, 0.4) is 0 Å². The van der Waals surface area contributed by atoms with Gasteiger partial charge in [0.25, 0.3) is 5.92 Å². The van der Waals surface area contributed by atoms with Crippen molar-refractivity contribution in [2.45, 2.75) is 50.7 Å². The number of hydrogen-bond acceptors (Lipinski definition) is 5. The molecular weight excluding hydrogens is 349 g/mol. The number of aromatic nitrogens is 2. The lowest BCUT2D eigenvalue weighted by Crippen LogP contribution is -2.57. The van der Waals surface area contributed by atoms with Crippen molar-refractivity contribution in [2.75, 3.05) is 29.4 Å². The number of carboxylic acid groups (broad SMARTS) is 1. The topological polar surface area (TPSA) is 69.6 Å². The van der Waals surface area contributed by atoms with Crippen molar-refractivity contribution < 1.29 is 23.1 Å². The summed E-state index contributed by atoms with van der Waals surface area (Å²) >= 11 is 0. The molecule has 3 aliphatic rings. The fourth-order valence-corrected chi connectivity index (χ4v) is 4.05. The Morgan fingerprint density at radius 2 is 2.12 bits per heavy atom. The quantitative estimate of drug-likeness (QED) is 0.878. The van der Waals surface area contributed by atoms with E-state index in [9.17, 15) is 18.0 Å². The van der Waals surface area contributed by atoms with Crippen molar-refractivity contribution in [2.24, 2.45) is 5.92 Å². The number of carbonyl (C=O) groups is 1. The van der Waals surface area contributed by atoms with Gasteiger partial charge in [-0.1, -0.05) is 0 Å². The summed E-state index contributed by atoms with van der Waals surface area (Å²) in [5.74, 6) is -3.29. The maximum Gasteiger partial charge on any atom is 0.303 e. The van der Waals surface area contributed by atoms with Crippen LogP contribution in [0.2, 0.25) is 0 Å². The van der Waals surface area contributed by atoms with E-state index in [1.54, 1.807) is 11.8 Å². The van der Waals surface area contributed by atoms with Crippen LogP contribution in [0.25, 0.3) is 0 Å². The summed E-state index contributed by atoms with van der Waals surface area (Å²) in [5.41, 5.74) is 0.188. The number of nitrogens with zero attached hydrogens (tertiary/aromatic N) is 4. The predicted molar refractivity (Wildman–Crippen MR) is 88.5 cm³/mol. The van der Waals surface area contributed by atoms with Gasteiger partial charge in [-0.3, -0.25) is 4.79 Å². The first-order valence-corrected chi connectivity index (χ1v) is 8.93. The van der Waals surface area contributed by atoms with Crippen molar-refractivity contribution in [3.05, 3.63) is 11.3 Å². The van der Waals surface area contributed by atoms with Gasteiger partial charge in [0.1, 0.15) is 17.7 Å². The molecule has 4 rings (SSSR count). The van der Waals surface area contributed by atoms with E-state index in [-0.39, 0.29) is 43.4 Å². The molecular formula is C17H21F3N4O2. The number of hydrogen-bond donors (Lipinski definition) is 1. The first-order valence-electron chi connectivity index (χ1n) is 8.93. The van der Waals surface area contributed by atoms with Gasteiger partial charge in [-0.25, -0.2) is 9.37 Å². The van der Waals surface area contributed by atoms with E-state index in [4.69, 9.17) is 5.11 Å². The summed E-state index contributed by atoms with van der Waals surface area (Å²) in [7, 11) is 0. The zero-order valence-electron chi connectivity index (χ0n) is 14.5. The SMILES string of the molecule is C[C@H]1[C@H](F)CN1c1nc(N2CC[C@H](CC(=O)O)C2)c2c(n1)C(F)(F)CC2. The molecule has 9 heteroatoms. The Bertz CT molecular complexity index is 745. The molecule has 2 saturated heterocycles. The van der Waals surface area contributed by atoms with Crippen molar-refractivity contribution in [3.8, 4) is 0 Å². The molecule has 3 atom stereocenters. The molecule has 0 saturated carbocycles. The zero-order valence-corrected chi connectivity index (χ0v) is 14.5. The van der Waals surface area contributed by atoms with Gasteiger partial charge >= 0.3 is 5.97 Å². The zero-order chi connectivity index (χ0) is 18.6. The summed E-state index contributed by atoms with van der Waals surface area (Å²) in [6, 6.07) is -0.436. The van der Waals surface area contributed by atoms with E-state index in [0.29, 0.717) is 30.9 Å². The first-order chi connectivity index (χ1) is 12.3. The molecule has 2 aliphatic heterocycles. The Balaban J connectivity index is 1.68. The Morgan fingerprint density at radius 1 is 1.35 bits per heavy atom. The highest BCUT2D eigenvalue weighted by molar-refractivity contribution is 5.67. The van der Waals surface area contributed by atoms with E-state index >= 15 is 0 Å². The number of aliphatic carboxylic acids is 1. The number of rotatable bonds is 4. The van der Waals surface area contributed by atoms with Crippen LogP contribution in [-0.4, -0.2) is 52.9 Å². The van der Waals surface area contributed by atoms with Crippen LogP contribution >= 0.6 is 0 Å². The summed E-state index contributed by atoms with van der Waals surface area (Å²) < 4.78 is 42.2. The molecule has 0 amide bonds. The molecule has 26 heavy (non-hydrogen) atoms. The van der Waals surface area contributed by atoms with Gasteiger partial charge in [0.05, 0.1) is 12.6 Å². The van der Waals surface area contributed by atoms with Crippen molar-refractivity contribution in [1.82, 2.24) is 9.97 Å². The molecule has 1 N–H and O–H groups in total. The molecule has 2 fully saturated rings. The summed E-state index contributed by atoms with van der Waals surface area (Å²) in [6.07, 6.45) is -0.383. The Labute approximate surface area is 149 Å². The molecule has 6 nitrogen and oxygen atoms in total. The Morgan fingerprint density at radius 3 is 2.77 bits per heavy atom. The second-order valence-electron chi connectivity index (χ2n) is 7.49. The number of carboxylic acids is 1. The average molecular weight is 370 g/mol. The van der Waals surface area contributed by atoms with Crippen molar-refractivity contribution >= 4 is 17.7 Å². The van der Waals surface area contributed by atoms with Gasteiger partial charge in [0, 0.05) is 31.5 Å². The van der Waals surface area contributed by atoms with Gasteiger partial charge in [0.2, 0.25) is 5.95 Å². The van der Waals surface area contributed by atoms with Crippen LogP contribution in [-0.2, 0) is 17.1 Å². The lowest BCUT2D eigenvalue weighted by Gasteiger charge is -2.42. The van der Waals surface area contributed by atoms with E-state index < -0.39 is 24.1 Å². The third-order valence-electron chi connectivity index (χ3n) is 5.70. The summed E-state index contributed by atoms with van der Waals surface area (Å²) in [6.45, 7) is 2.84. The highest BCUT2D eigenvalue weighted by Crippen LogP contribution is 2.45. The monoisotopic (exact) mass is 370 g/mol. The number of alkyl halides is 3. The van der Waals surface area contributed by atoms with Gasteiger partial charge < -0.3 is 14.9 Å². The third-order valence-corrected chi connectivity index (χ3v) is 5.70. The smallest absolute Gasteiger partial charge is 0.303 e. The molecule has 0 unspecified atom stereocenters. The van der Waals surface area contributed by atoms with Crippen LogP contribution in [0.4, 0.5) is 24.9 Å². The standard InChI is InChI=1S/C17H21F3N4O2/c1-9-12(18)8-24(9)16-21-14-11(2-4-17(14,19)20)15(22-16)23-5-3-10(7-23)6-13(25)26/h9-10,12H,2-8H2,1H3,(H,25,26)/t9-,10+,12+/m0/s1. The molecule has 0 spiro atoms. The lowest BCUT2D eigenvalue weighted by molar-refractivity contribution is -0.137. The lowest BCUT2D eigenvalue weighted by atomic mass is 10.0. The van der Waals surface area contributed by atoms with Crippen LogP contribution in [0.1, 0.15) is 37.4 Å². The Kier molecular flexibility index (Phi) is 4.00. The molecule has 142 valence electrons. The second-order valence-corrected chi connectivity index (χ2v) is 7.49. The van der Waals surface area contributed by atoms with E-state index in [1.165, 1.54) is 0 Å². The normalized spacial score (nSPS) is 29.6. The number of halogens is 3. The minimum absolute atomic E-state index is 0.0263. The summed E-state index contributed by atoms with van der Waals surface area (Å²) in [5, 5.41) is 8.98. The third kappa shape index (κ3) is 2.77. The molecule has 1 aliphatic carbocycles. The minimum Gasteiger partial charge on any atom is -0.481 e. The molecule has 3 heterocycles. The average Bonchev–Trinajstić information content (AvgIpc) is 3.15. The Hall–Kier alpha value is -2.06. The van der Waals surface area contributed by atoms with E-state index in [2.05, 4.69) is 9.97 Å². The van der Waals surface area contributed by atoms with Crippen LogP contribution in [0, 0.1) is 5.92 Å². The van der Waals surface area contributed by atoms with Crippen LogP contribution < -0.4 is 9.80 Å². The number of fused-ring (bicyclic) bond motifs is 1. The molecule has 0 bridgehead atoms. The fourth-order valence-electron chi connectivity index (χ4n) is 4.05. The van der Waals surface area contributed by atoms with Crippen LogP contribution in [0.5, 0.6) is 0 Å². The molecule has 1 aromatic rings. The molecule has 0 aromatic carbocycles. The summed E-state index contributed by atoms with van der Waals surface area (Å²) in [4.78, 5) is 23.0. The predicted octanol–water partition coefficient (Wildman–Crippen LogP) is 2.36. The second kappa shape index (κ2) is 5.99. The van der Waals surface area contributed by atoms with E-state index in [1.807, 2.05) is 4.90 Å². The highest BCUT2D eigenvalue weighted by Gasteiger charge is 2.46.